The van der Waals surface area contributed by atoms with E-state index in [2.05, 4.69) is 21.2 Å². The Labute approximate surface area is 127 Å². The van der Waals surface area contributed by atoms with Crippen molar-refractivity contribution in [1.82, 2.24) is 9.62 Å². The molecule has 1 N–H and O–H groups in total. The van der Waals surface area contributed by atoms with Gasteiger partial charge in [0.25, 0.3) is 10.0 Å². The second kappa shape index (κ2) is 6.67. The fraction of sp³-hybridized carbons (Fsp3) is 0.667. The molecule has 0 amide bonds. The highest BCUT2D eigenvalue weighted by Gasteiger charge is 2.28. The fourth-order valence-corrected chi connectivity index (χ4v) is 6.02. The minimum absolute atomic E-state index is 0.296. The van der Waals surface area contributed by atoms with Crippen molar-refractivity contribution in [3.63, 3.8) is 0 Å². The second-order valence-corrected chi connectivity index (χ2v) is 9.34. The van der Waals surface area contributed by atoms with E-state index >= 15 is 0 Å². The molecule has 2 heterocycles. The summed E-state index contributed by atoms with van der Waals surface area (Å²) in [5.41, 5.74) is 0. The lowest BCUT2D eigenvalue weighted by Gasteiger charge is -2.24. The molecule has 0 radical (unpaired) electrons. The van der Waals surface area contributed by atoms with Gasteiger partial charge in [-0.15, -0.1) is 11.3 Å². The van der Waals surface area contributed by atoms with Crippen LogP contribution in [0.2, 0.25) is 0 Å². The van der Waals surface area contributed by atoms with Crippen LogP contribution in [-0.4, -0.2) is 38.4 Å². The second-order valence-electron chi connectivity index (χ2n) is 4.71. The van der Waals surface area contributed by atoms with Gasteiger partial charge < -0.3 is 5.32 Å². The standard InChI is InChI=1S/C12H19BrN2O2S2/c1-2-8-15(9-10-4-3-7-14-10)19(16,17)12-6-5-11(13)18-12/h5-6,10,14H,2-4,7-9H2,1H3. The van der Waals surface area contributed by atoms with E-state index < -0.39 is 10.0 Å². The van der Waals surface area contributed by atoms with Gasteiger partial charge in [-0.05, 0) is 53.9 Å². The van der Waals surface area contributed by atoms with Crippen LogP contribution in [0.15, 0.2) is 20.1 Å². The van der Waals surface area contributed by atoms with Gasteiger partial charge in [0.05, 0.1) is 3.79 Å². The van der Waals surface area contributed by atoms with Gasteiger partial charge in [-0.2, -0.15) is 4.31 Å². The molecule has 1 aliphatic rings. The molecule has 1 aromatic rings. The topological polar surface area (TPSA) is 49.4 Å². The molecule has 0 aromatic carbocycles. The Hall–Kier alpha value is 0.0500. The van der Waals surface area contributed by atoms with Gasteiger partial charge in [-0.25, -0.2) is 8.42 Å². The molecule has 1 saturated heterocycles. The smallest absolute Gasteiger partial charge is 0.252 e. The van der Waals surface area contributed by atoms with Crippen LogP contribution in [0.5, 0.6) is 0 Å². The third-order valence-electron chi connectivity index (χ3n) is 3.20. The van der Waals surface area contributed by atoms with E-state index in [1.165, 1.54) is 11.3 Å². The highest BCUT2D eigenvalue weighted by Crippen LogP contribution is 2.29. The number of thiophene rings is 1. The highest BCUT2D eigenvalue weighted by molar-refractivity contribution is 9.11. The zero-order valence-corrected chi connectivity index (χ0v) is 14.2. The lowest BCUT2D eigenvalue weighted by Crippen LogP contribution is -2.41. The molecule has 0 bridgehead atoms. The molecule has 1 aliphatic heterocycles. The van der Waals surface area contributed by atoms with Gasteiger partial charge in [0, 0.05) is 19.1 Å². The van der Waals surface area contributed by atoms with Crippen LogP contribution in [0.3, 0.4) is 0 Å². The molecule has 0 saturated carbocycles. The maximum atomic E-state index is 12.6. The van der Waals surface area contributed by atoms with Gasteiger partial charge in [0.2, 0.25) is 0 Å². The SMILES string of the molecule is CCCN(CC1CCCN1)S(=O)(=O)c1ccc(Br)s1. The van der Waals surface area contributed by atoms with E-state index in [9.17, 15) is 8.42 Å². The number of nitrogens with zero attached hydrogens (tertiary/aromatic N) is 1. The number of halogens is 1. The van der Waals surface area contributed by atoms with Gasteiger partial charge in [-0.3, -0.25) is 0 Å². The normalized spacial score (nSPS) is 20.3. The van der Waals surface area contributed by atoms with Crippen LogP contribution in [0.4, 0.5) is 0 Å². The molecule has 0 spiro atoms. The van der Waals surface area contributed by atoms with Crippen molar-refractivity contribution in [2.45, 2.75) is 36.4 Å². The fourth-order valence-electron chi connectivity index (χ4n) is 2.28. The first kappa shape index (κ1) is 15.4. The van der Waals surface area contributed by atoms with E-state index in [1.807, 2.05) is 6.92 Å². The van der Waals surface area contributed by atoms with Crippen molar-refractivity contribution in [1.29, 1.82) is 0 Å². The highest BCUT2D eigenvalue weighted by atomic mass is 79.9. The zero-order valence-electron chi connectivity index (χ0n) is 10.9. The lowest BCUT2D eigenvalue weighted by atomic mass is 10.2. The zero-order chi connectivity index (χ0) is 13.9. The number of hydrogen-bond donors (Lipinski definition) is 1. The Bertz CT molecular complexity index is 510. The van der Waals surface area contributed by atoms with Crippen LogP contribution in [-0.2, 0) is 10.0 Å². The Balaban J connectivity index is 2.16. The van der Waals surface area contributed by atoms with E-state index in [4.69, 9.17) is 0 Å². The number of sulfonamides is 1. The van der Waals surface area contributed by atoms with E-state index in [1.54, 1.807) is 16.4 Å². The number of nitrogens with one attached hydrogen (secondary N) is 1. The molecule has 108 valence electrons. The molecule has 1 aromatic heterocycles. The lowest BCUT2D eigenvalue weighted by molar-refractivity contribution is 0.370. The maximum Gasteiger partial charge on any atom is 0.252 e. The van der Waals surface area contributed by atoms with Crippen LogP contribution < -0.4 is 5.32 Å². The summed E-state index contributed by atoms with van der Waals surface area (Å²) < 4.78 is 28.1. The summed E-state index contributed by atoms with van der Waals surface area (Å²) in [4.78, 5) is 0. The summed E-state index contributed by atoms with van der Waals surface area (Å²) in [6.07, 6.45) is 3.03. The Morgan fingerprint density at radius 1 is 1.53 bits per heavy atom. The van der Waals surface area contributed by atoms with Crippen LogP contribution >= 0.6 is 27.3 Å². The molecular weight excluding hydrogens is 348 g/mol. The third-order valence-corrected chi connectivity index (χ3v) is 7.16. The first-order valence-corrected chi connectivity index (χ1v) is 9.58. The summed E-state index contributed by atoms with van der Waals surface area (Å²) in [6, 6.07) is 3.76. The van der Waals surface area contributed by atoms with Crippen LogP contribution in [0.1, 0.15) is 26.2 Å². The number of rotatable bonds is 6. The van der Waals surface area contributed by atoms with Crippen molar-refractivity contribution in [2.24, 2.45) is 0 Å². The minimum Gasteiger partial charge on any atom is -0.313 e. The van der Waals surface area contributed by atoms with Gasteiger partial charge in [-0.1, -0.05) is 6.92 Å². The first-order valence-electron chi connectivity index (χ1n) is 6.53. The first-order chi connectivity index (χ1) is 9.04. The predicted molar refractivity (Wildman–Crippen MR) is 82.1 cm³/mol. The summed E-state index contributed by atoms with van der Waals surface area (Å²) in [5.74, 6) is 0. The van der Waals surface area contributed by atoms with E-state index in [-0.39, 0.29) is 0 Å². The van der Waals surface area contributed by atoms with Crippen LogP contribution in [0.25, 0.3) is 0 Å². The van der Waals surface area contributed by atoms with Gasteiger partial charge in [0.15, 0.2) is 0 Å². The summed E-state index contributed by atoms with van der Waals surface area (Å²) in [5, 5.41) is 3.36. The largest absolute Gasteiger partial charge is 0.313 e. The van der Waals surface area contributed by atoms with Crippen molar-refractivity contribution in [2.75, 3.05) is 19.6 Å². The maximum absolute atomic E-state index is 12.6. The predicted octanol–water partition coefficient (Wildman–Crippen LogP) is 2.66. The summed E-state index contributed by atoms with van der Waals surface area (Å²) in [7, 11) is -3.35. The molecule has 0 aliphatic carbocycles. The molecule has 2 rings (SSSR count). The van der Waals surface area contributed by atoms with E-state index in [0.717, 1.165) is 29.6 Å². The van der Waals surface area contributed by atoms with Crippen molar-refractivity contribution in [3.8, 4) is 0 Å². The van der Waals surface area contributed by atoms with Crippen LogP contribution in [0, 0.1) is 0 Å². The summed E-state index contributed by atoms with van der Waals surface area (Å²) in [6.45, 7) is 4.16. The third kappa shape index (κ3) is 3.78. The van der Waals surface area contributed by atoms with Gasteiger partial charge in [0.1, 0.15) is 4.21 Å². The molecule has 4 nitrogen and oxygen atoms in total. The van der Waals surface area contributed by atoms with Crippen molar-refractivity contribution < 1.29 is 8.42 Å². The van der Waals surface area contributed by atoms with Crippen molar-refractivity contribution in [3.05, 3.63) is 15.9 Å². The Morgan fingerprint density at radius 2 is 2.32 bits per heavy atom. The number of hydrogen-bond acceptors (Lipinski definition) is 4. The Morgan fingerprint density at radius 3 is 2.84 bits per heavy atom. The summed E-state index contributed by atoms with van der Waals surface area (Å²) >= 11 is 4.60. The quantitative estimate of drug-likeness (QED) is 0.841. The van der Waals surface area contributed by atoms with Crippen molar-refractivity contribution >= 4 is 37.3 Å². The average Bonchev–Trinajstić information content (AvgIpc) is 3.00. The van der Waals surface area contributed by atoms with Gasteiger partial charge >= 0.3 is 0 Å². The molecule has 19 heavy (non-hydrogen) atoms. The molecule has 1 fully saturated rings. The molecular formula is C12H19BrN2O2S2. The Kier molecular flexibility index (Phi) is 5.42. The average molecular weight is 367 g/mol. The molecule has 7 heteroatoms. The minimum atomic E-state index is -3.35. The monoisotopic (exact) mass is 366 g/mol. The molecule has 1 atom stereocenters. The van der Waals surface area contributed by atoms with E-state index in [0.29, 0.717) is 23.3 Å². The molecule has 1 unspecified atom stereocenters.